The minimum absolute atomic E-state index is 0.0947. The second-order valence-corrected chi connectivity index (χ2v) is 6.43. The molecule has 116 valence electrons. The lowest BCUT2D eigenvalue weighted by Gasteiger charge is -2.21. The predicted octanol–water partition coefficient (Wildman–Crippen LogP) is 2.63. The molecule has 6 heteroatoms. The fraction of sp³-hybridized carbons (Fsp3) is 0.375. The topological polar surface area (TPSA) is 59.0 Å². The number of carbonyl (C=O) groups excluding carboxylic acids is 1. The molecule has 1 aromatic heterocycles. The van der Waals surface area contributed by atoms with Crippen LogP contribution in [0, 0.1) is 5.92 Å². The van der Waals surface area contributed by atoms with Crippen molar-refractivity contribution in [2.45, 2.75) is 19.4 Å². The number of aromatic nitrogens is 2. The highest BCUT2D eigenvalue weighted by Crippen LogP contribution is 2.17. The van der Waals surface area contributed by atoms with E-state index in [4.69, 9.17) is 0 Å². The van der Waals surface area contributed by atoms with Gasteiger partial charge in [-0.1, -0.05) is 28.1 Å². The summed E-state index contributed by atoms with van der Waals surface area (Å²) in [5.41, 5.74) is 1.14. The lowest BCUT2D eigenvalue weighted by molar-refractivity contribution is -0.120. The van der Waals surface area contributed by atoms with Gasteiger partial charge in [-0.15, -0.1) is 0 Å². The Morgan fingerprint density at radius 1 is 1.27 bits per heavy atom. The molecule has 1 aliphatic heterocycles. The Morgan fingerprint density at radius 2 is 2.00 bits per heavy atom. The van der Waals surface area contributed by atoms with Crippen LogP contribution in [0.3, 0.4) is 0 Å². The maximum Gasteiger partial charge on any atom is 0.228 e. The lowest BCUT2D eigenvalue weighted by atomic mass is 9.97. The molecular formula is C16H19BrN4O. The van der Waals surface area contributed by atoms with Crippen LogP contribution in [0.1, 0.15) is 18.4 Å². The quantitative estimate of drug-likeness (QED) is 0.878. The summed E-state index contributed by atoms with van der Waals surface area (Å²) in [5.74, 6) is 0.947. The molecule has 0 saturated carbocycles. The van der Waals surface area contributed by atoms with Crippen molar-refractivity contribution in [1.82, 2.24) is 15.1 Å². The van der Waals surface area contributed by atoms with Crippen LogP contribution < -0.4 is 10.6 Å². The van der Waals surface area contributed by atoms with Crippen LogP contribution in [0.25, 0.3) is 0 Å². The van der Waals surface area contributed by atoms with Gasteiger partial charge < -0.3 is 10.6 Å². The fourth-order valence-electron chi connectivity index (χ4n) is 2.64. The molecule has 3 rings (SSSR count). The smallest absolute Gasteiger partial charge is 0.228 e. The SMILES string of the molecule is O=C(Nc1ccnn1Cc1ccc(Br)cc1)C1CCNCC1. The number of anilines is 1. The third kappa shape index (κ3) is 3.75. The van der Waals surface area contributed by atoms with E-state index in [2.05, 4.69) is 31.7 Å². The molecule has 1 saturated heterocycles. The van der Waals surface area contributed by atoms with Gasteiger partial charge in [0.2, 0.25) is 5.91 Å². The first-order valence-electron chi connectivity index (χ1n) is 7.50. The van der Waals surface area contributed by atoms with Crippen LogP contribution in [0.4, 0.5) is 5.82 Å². The third-order valence-corrected chi connectivity index (χ3v) is 4.45. The zero-order valence-corrected chi connectivity index (χ0v) is 13.8. The van der Waals surface area contributed by atoms with Crippen LogP contribution >= 0.6 is 15.9 Å². The number of nitrogens with one attached hydrogen (secondary N) is 2. The maximum absolute atomic E-state index is 12.3. The van der Waals surface area contributed by atoms with Crippen LogP contribution in [0.5, 0.6) is 0 Å². The zero-order valence-electron chi connectivity index (χ0n) is 12.3. The van der Waals surface area contributed by atoms with E-state index in [0.717, 1.165) is 41.8 Å². The largest absolute Gasteiger partial charge is 0.317 e. The highest BCUT2D eigenvalue weighted by Gasteiger charge is 2.21. The van der Waals surface area contributed by atoms with Gasteiger partial charge in [0.15, 0.2) is 0 Å². The molecule has 0 unspecified atom stereocenters. The number of halogens is 1. The van der Waals surface area contributed by atoms with Crippen molar-refractivity contribution in [3.05, 3.63) is 46.6 Å². The summed E-state index contributed by atoms with van der Waals surface area (Å²) in [6, 6.07) is 9.95. The molecule has 0 aliphatic carbocycles. The first-order chi connectivity index (χ1) is 10.7. The maximum atomic E-state index is 12.3. The summed E-state index contributed by atoms with van der Waals surface area (Å²) in [7, 11) is 0. The number of hydrogen-bond acceptors (Lipinski definition) is 3. The number of piperidine rings is 1. The number of benzene rings is 1. The van der Waals surface area contributed by atoms with Gasteiger partial charge in [0.25, 0.3) is 0 Å². The third-order valence-electron chi connectivity index (χ3n) is 3.92. The van der Waals surface area contributed by atoms with Gasteiger partial charge in [0.1, 0.15) is 5.82 Å². The molecule has 2 N–H and O–H groups in total. The molecule has 1 amide bonds. The average Bonchev–Trinajstić information content (AvgIpc) is 2.97. The summed E-state index contributed by atoms with van der Waals surface area (Å²) >= 11 is 3.43. The molecule has 1 aliphatic rings. The fourth-order valence-corrected chi connectivity index (χ4v) is 2.90. The first-order valence-corrected chi connectivity index (χ1v) is 8.29. The monoisotopic (exact) mass is 362 g/mol. The molecular weight excluding hydrogens is 344 g/mol. The number of nitrogens with zero attached hydrogens (tertiary/aromatic N) is 2. The average molecular weight is 363 g/mol. The van der Waals surface area contributed by atoms with E-state index in [0.29, 0.717) is 6.54 Å². The Labute approximate surface area is 138 Å². The van der Waals surface area contributed by atoms with Crippen molar-refractivity contribution in [2.24, 2.45) is 5.92 Å². The Balaban J connectivity index is 1.66. The van der Waals surface area contributed by atoms with Crippen molar-refractivity contribution in [3.8, 4) is 0 Å². The van der Waals surface area contributed by atoms with E-state index in [1.54, 1.807) is 6.20 Å². The van der Waals surface area contributed by atoms with Gasteiger partial charge in [-0.3, -0.25) is 4.79 Å². The van der Waals surface area contributed by atoms with Crippen molar-refractivity contribution in [1.29, 1.82) is 0 Å². The van der Waals surface area contributed by atoms with E-state index in [1.165, 1.54) is 0 Å². The van der Waals surface area contributed by atoms with Crippen LogP contribution in [0.15, 0.2) is 41.0 Å². The van der Waals surface area contributed by atoms with Crippen molar-refractivity contribution < 1.29 is 4.79 Å². The summed E-state index contributed by atoms with van der Waals surface area (Å²) in [4.78, 5) is 12.3. The number of carbonyl (C=O) groups is 1. The standard InChI is InChI=1S/C16H19BrN4O/c17-14-3-1-12(2-4-14)11-21-15(7-10-19-21)20-16(22)13-5-8-18-9-6-13/h1-4,7,10,13,18H,5-6,8-9,11H2,(H,20,22). The van der Waals surface area contributed by atoms with Gasteiger partial charge in [0, 0.05) is 16.5 Å². The molecule has 2 aromatic rings. The van der Waals surface area contributed by atoms with E-state index < -0.39 is 0 Å². The molecule has 0 bridgehead atoms. The Kier molecular flexibility index (Phi) is 4.90. The minimum atomic E-state index is 0.0947. The molecule has 5 nitrogen and oxygen atoms in total. The summed E-state index contributed by atoms with van der Waals surface area (Å²) in [6.45, 7) is 2.47. The Morgan fingerprint density at radius 3 is 2.73 bits per heavy atom. The van der Waals surface area contributed by atoms with Crippen LogP contribution in [-0.2, 0) is 11.3 Å². The van der Waals surface area contributed by atoms with Crippen molar-refractivity contribution >= 4 is 27.7 Å². The summed E-state index contributed by atoms with van der Waals surface area (Å²) in [6.07, 6.45) is 3.51. The second kappa shape index (κ2) is 7.07. The highest BCUT2D eigenvalue weighted by molar-refractivity contribution is 9.10. The van der Waals surface area contributed by atoms with Gasteiger partial charge >= 0.3 is 0 Å². The second-order valence-electron chi connectivity index (χ2n) is 5.51. The summed E-state index contributed by atoms with van der Waals surface area (Å²) in [5, 5.41) is 10.6. The number of amides is 1. The lowest BCUT2D eigenvalue weighted by Crippen LogP contribution is -2.35. The molecule has 2 heterocycles. The zero-order chi connectivity index (χ0) is 15.4. The molecule has 1 fully saturated rings. The first kappa shape index (κ1) is 15.2. The van der Waals surface area contributed by atoms with Crippen LogP contribution in [-0.4, -0.2) is 28.8 Å². The van der Waals surface area contributed by atoms with E-state index in [-0.39, 0.29) is 11.8 Å². The van der Waals surface area contributed by atoms with E-state index >= 15 is 0 Å². The van der Waals surface area contributed by atoms with Gasteiger partial charge in [-0.25, -0.2) is 4.68 Å². The Bertz CT molecular complexity index is 632. The summed E-state index contributed by atoms with van der Waals surface area (Å²) < 4.78 is 2.87. The molecule has 1 aromatic carbocycles. The Hall–Kier alpha value is -1.66. The van der Waals surface area contributed by atoms with Crippen molar-refractivity contribution in [2.75, 3.05) is 18.4 Å². The highest BCUT2D eigenvalue weighted by atomic mass is 79.9. The minimum Gasteiger partial charge on any atom is -0.317 e. The van der Waals surface area contributed by atoms with Gasteiger partial charge in [-0.2, -0.15) is 5.10 Å². The van der Waals surface area contributed by atoms with Gasteiger partial charge in [0.05, 0.1) is 12.7 Å². The normalized spacial score (nSPS) is 15.7. The number of rotatable bonds is 4. The molecule has 0 spiro atoms. The number of hydrogen-bond donors (Lipinski definition) is 2. The van der Waals surface area contributed by atoms with Crippen LogP contribution in [0.2, 0.25) is 0 Å². The predicted molar refractivity (Wildman–Crippen MR) is 89.7 cm³/mol. The molecule has 0 atom stereocenters. The van der Waals surface area contributed by atoms with Gasteiger partial charge in [-0.05, 0) is 43.6 Å². The van der Waals surface area contributed by atoms with E-state index in [1.807, 2.05) is 35.0 Å². The van der Waals surface area contributed by atoms with Crippen molar-refractivity contribution in [3.63, 3.8) is 0 Å². The molecule has 22 heavy (non-hydrogen) atoms. The van der Waals surface area contributed by atoms with E-state index in [9.17, 15) is 4.79 Å². The molecule has 0 radical (unpaired) electrons.